The fraction of sp³-hybridized carbons (Fsp3) is 0.895. The third kappa shape index (κ3) is 3.03. The van der Waals surface area contributed by atoms with E-state index in [1.807, 2.05) is 13.8 Å². The SMILES string of the molecule is CCCNC(=O)OC1CCC2(C)C3CC(=O)OC3CCC2C1(C)CO. The third-order valence-electron chi connectivity index (χ3n) is 7.09. The molecule has 0 spiro atoms. The van der Waals surface area contributed by atoms with Crippen molar-refractivity contribution >= 4 is 12.1 Å². The van der Waals surface area contributed by atoms with Gasteiger partial charge in [-0.25, -0.2) is 4.79 Å². The molecule has 0 aromatic carbocycles. The summed E-state index contributed by atoms with van der Waals surface area (Å²) in [5.74, 6) is 0.317. The number of ether oxygens (including phenoxy) is 2. The number of hydrogen-bond donors (Lipinski definition) is 2. The van der Waals surface area contributed by atoms with Gasteiger partial charge in [0.05, 0.1) is 13.0 Å². The van der Waals surface area contributed by atoms with Crippen LogP contribution in [0, 0.1) is 22.7 Å². The highest BCUT2D eigenvalue weighted by molar-refractivity contribution is 5.72. The first-order valence-electron chi connectivity index (χ1n) is 9.60. The molecule has 6 unspecified atom stereocenters. The number of aliphatic hydroxyl groups excluding tert-OH is 1. The molecule has 0 radical (unpaired) electrons. The molecule has 3 fully saturated rings. The molecule has 6 nitrogen and oxygen atoms in total. The van der Waals surface area contributed by atoms with Crippen LogP contribution in [-0.4, -0.2) is 42.5 Å². The quantitative estimate of drug-likeness (QED) is 0.759. The summed E-state index contributed by atoms with van der Waals surface area (Å²) in [6.07, 6.45) is 3.96. The lowest BCUT2D eigenvalue weighted by Gasteiger charge is -2.59. The minimum Gasteiger partial charge on any atom is -0.462 e. The number of carbonyl (C=O) groups excluding carboxylic acids is 2. The van der Waals surface area contributed by atoms with Crippen molar-refractivity contribution in [3.05, 3.63) is 0 Å². The number of alkyl carbamates (subject to hydrolysis) is 1. The molecule has 6 heteroatoms. The average molecular weight is 353 g/mol. The van der Waals surface area contributed by atoms with Crippen molar-refractivity contribution in [2.45, 2.75) is 71.5 Å². The Morgan fingerprint density at radius 2 is 2.12 bits per heavy atom. The molecule has 1 amide bonds. The summed E-state index contributed by atoms with van der Waals surface area (Å²) in [6.45, 7) is 6.83. The summed E-state index contributed by atoms with van der Waals surface area (Å²) < 4.78 is 11.2. The summed E-state index contributed by atoms with van der Waals surface area (Å²) in [4.78, 5) is 23.9. The largest absolute Gasteiger partial charge is 0.462 e. The molecule has 2 N–H and O–H groups in total. The van der Waals surface area contributed by atoms with Gasteiger partial charge in [0, 0.05) is 17.9 Å². The topological polar surface area (TPSA) is 84.9 Å². The molecule has 3 aliphatic rings. The highest BCUT2D eigenvalue weighted by Crippen LogP contribution is 2.62. The number of rotatable bonds is 4. The van der Waals surface area contributed by atoms with Gasteiger partial charge in [-0.15, -0.1) is 0 Å². The van der Waals surface area contributed by atoms with Crippen LogP contribution in [-0.2, 0) is 14.3 Å². The number of carbonyl (C=O) groups is 2. The molecule has 25 heavy (non-hydrogen) atoms. The van der Waals surface area contributed by atoms with E-state index in [1.165, 1.54) is 0 Å². The Hall–Kier alpha value is -1.30. The zero-order valence-electron chi connectivity index (χ0n) is 15.5. The standard InChI is InChI=1S/C19H31NO5/c1-4-9-20-17(23)25-15-7-8-18(2)12-10-16(22)24-13(12)5-6-14(18)19(15,3)11-21/h12-15,21H,4-11H2,1-3H3,(H,20,23). The van der Waals surface area contributed by atoms with Crippen LogP contribution in [0.1, 0.15) is 59.3 Å². The van der Waals surface area contributed by atoms with E-state index >= 15 is 0 Å². The molecule has 1 heterocycles. The second kappa shape index (κ2) is 6.78. The molecule has 142 valence electrons. The van der Waals surface area contributed by atoms with Gasteiger partial charge >= 0.3 is 12.1 Å². The Kier molecular flexibility index (Phi) is 5.02. The van der Waals surface area contributed by atoms with E-state index in [1.54, 1.807) is 0 Å². The van der Waals surface area contributed by atoms with Gasteiger partial charge in [0.15, 0.2) is 0 Å². The van der Waals surface area contributed by atoms with Crippen LogP contribution in [0.15, 0.2) is 0 Å². The van der Waals surface area contributed by atoms with E-state index in [4.69, 9.17) is 9.47 Å². The van der Waals surface area contributed by atoms with E-state index in [9.17, 15) is 14.7 Å². The van der Waals surface area contributed by atoms with E-state index in [-0.39, 0.29) is 42.0 Å². The number of esters is 1. The summed E-state index contributed by atoms with van der Waals surface area (Å²) in [6, 6.07) is 0. The van der Waals surface area contributed by atoms with Crippen LogP contribution in [0.25, 0.3) is 0 Å². The normalized spacial score (nSPS) is 43.0. The number of fused-ring (bicyclic) bond motifs is 3. The molecule has 0 aromatic rings. The maximum absolute atomic E-state index is 12.1. The minimum atomic E-state index is -0.493. The van der Waals surface area contributed by atoms with Crippen molar-refractivity contribution in [3.8, 4) is 0 Å². The van der Waals surface area contributed by atoms with E-state index in [0.717, 1.165) is 25.7 Å². The summed E-state index contributed by atoms with van der Waals surface area (Å²) >= 11 is 0. The molecule has 3 rings (SSSR count). The van der Waals surface area contributed by atoms with Crippen LogP contribution in [0.5, 0.6) is 0 Å². The highest BCUT2D eigenvalue weighted by Gasteiger charge is 2.62. The van der Waals surface area contributed by atoms with E-state index < -0.39 is 11.5 Å². The fourth-order valence-corrected chi connectivity index (χ4v) is 5.69. The van der Waals surface area contributed by atoms with Gasteiger partial charge in [-0.1, -0.05) is 20.8 Å². The highest BCUT2D eigenvalue weighted by atomic mass is 16.6. The summed E-state index contributed by atoms with van der Waals surface area (Å²) in [5.41, 5.74) is -0.556. The smallest absolute Gasteiger partial charge is 0.407 e. The van der Waals surface area contributed by atoms with Gasteiger partial charge in [0.2, 0.25) is 0 Å². The van der Waals surface area contributed by atoms with Crippen LogP contribution in [0.2, 0.25) is 0 Å². The van der Waals surface area contributed by atoms with Crippen LogP contribution < -0.4 is 5.32 Å². The molecule has 1 saturated heterocycles. The number of hydrogen-bond acceptors (Lipinski definition) is 5. The number of amides is 1. The first-order chi connectivity index (χ1) is 11.8. The maximum Gasteiger partial charge on any atom is 0.407 e. The van der Waals surface area contributed by atoms with Crippen molar-refractivity contribution < 1.29 is 24.2 Å². The Labute approximate surface area is 149 Å². The first-order valence-corrected chi connectivity index (χ1v) is 9.60. The Morgan fingerprint density at radius 3 is 2.80 bits per heavy atom. The maximum atomic E-state index is 12.1. The monoisotopic (exact) mass is 353 g/mol. The lowest BCUT2D eigenvalue weighted by Crippen LogP contribution is -2.60. The minimum absolute atomic E-state index is 0.0158. The van der Waals surface area contributed by atoms with Crippen molar-refractivity contribution in [2.24, 2.45) is 22.7 Å². The van der Waals surface area contributed by atoms with Gasteiger partial charge in [0.1, 0.15) is 12.2 Å². The van der Waals surface area contributed by atoms with Crippen molar-refractivity contribution in [1.29, 1.82) is 0 Å². The molecule has 1 aliphatic heterocycles. The lowest BCUT2D eigenvalue weighted by molar-refractivity contribution is -0.175. The van der Waals surface area contributed by atoms with Crippen molar-refractivity contribution in [2.75, 3.05) is 13.2 Å². The van der Waals surface area contributed by atoms with E-state index in [2.05, 4.69) is 12.2 Å². The van der Waals surface area contributed by atoms with Gasteiger partial charge in [0.25, 0.3) is 0 Å². The predicted molar refractivity (Wildman–Crippen MR) is 91.8 cm³/mol. The number of nitrogens with one attached hydrogen (secondary N) is 1. The third-order valence-corrected chi connectivity index (χ3v) is 7.09. The molecular weight excluding hydrogens is 322 g/mol. The zero-order valence-corrected chi connectivity index (χ0v) is 15.5. The molecule has 2 saturated carbocycles. The second-order valence-electron chi connectivity index (χ2n) is 8.50. The molecule has 0 bridgehead atoms. The van der Waals surface area contributed by atoms with Gasteiger partial charge in [-0.3, -0.25) is 4.79 Å². The Morgan fingerprint density at radius 1 is 1.36 bits per heavy atom. The summed E-state index contributed by atoms with van der Waals surface area (Å²) in [7, 11) is 0. The Balaban J connectivity index is 1.80. The van der Waals surface area contributed by atoms with Crippen LogP contribution >= 0.6 is 0 Å². The predicted octanol–water partition coefficient (Wildman–Crippen LogP) is 2.63. The lowest BCUT2D eigenvalue weighted by atomic mass is 9.46. The number of aliphatic hydroxyl groups is 1. The van der Waals surface area contributed by atoms with Gasteiger partial charge in [-0.05, 0) is 43.4 Å². The average Bonchev–Trinajstić information content (AvgIpc) is 2.97. The zero-order chi connectivity index (χ0) is 18.2. The Bertz CT molecular complexity index is 538. The fourth-order valence-electron chi connectivity index (χ4n) is 5.69. The van der Waals surface area contributed by atoms with Gasteiger partial charge < -0.3 is 19.9 Å². The van der Waals surface area contributed by atoms with Gasteiger partial charge in [-0.2, -0.15) is 0 Å². The van der Waals surface area contributed by atoms with Crippen LogP contribution in [0.4, 0.5) is 4.79 Å². The van der Waals surface area contributed by atoms with Crippen LogP contribution in [0.3, 0.4) is 0 Å². The first kappa shape index (κ1) is 18.5. The van der Waals surface area contributed by atoms with Crippen molar-refractivity contribution in [1.82, 2.24) is 5.32 Å². The second-order valence-corrected chi connectivity index (χ2v) is 8.50. The van der Waals surface area contributed by atoms with E-state index in [0.29, 0.717) is 19.4 Å². The molecule has 0 aromatic heterocycles. The molecule has 6 atom stereocenters. The van der Waals surface area contributed by atoms with Crippen molar-refractivity contribution in [3.63, 3.8) is 0 Å². The molecular formula is C19H31NO5. The molecule has 2 aliphatic carbocycles. The summed E-state index contributed by atoms with van der Waals surface area (Å²) in [5, 5.41) is 13.0.